The van der Waals surface area contributed by atoms with Crippen molar-refractivity contribution in [3.63, 3.8) is 0 Å². The van der Waals surface area contributed by atoms with Crippen LogP contribution in [0.3, 0.4) is 0 Å². The Kier molecular flexibility index (Phi) is 10.9. The molecular formula is C25H36S4. The second kappa shape index (κ2) is 12.6. The number of rotatable bonds is 12. The summed E-state index contributed by atoms with van der Waals surface area (Å²) in [6.07, 6.45) is 0. The fourth-order valence-corrected chi connectivity index (χ4v) is 7.02. The SMILES string of the molecule is CCSC(C)CSc1ccc(C(C)(C)c2ccc(SCC(C)SCC)cc2)cc1. The van der Waals surface area contributed by atoms with E-state index in [1.54, 1.807) is 0 Å². The molecule has 0 N–H and O–H groups in total. The Morgan fingerprint density at radius 1 is 0.655 bits per heavy atom. The first-order valence-corrected chi connectivity index (χ1v) is 14.6. The van der Waals surface area contributed by atoms with Crippen molar-refractivity contribution in [2.75, 3.05) is 23.0 Å². The minimum atomic E-state index is 0.0170. The van der Waals surface area contributed by atoms with Crippen molar-refractivity contribution in [3.05, 3.63) is 59.7 Å². The van der Waals surface area contributed by atoms with E-state index in [2.05, 4.69) is 90.1 Å². The van der Waals surface area contributed by atoms with Crippen LogP contribution < -0.4 is 0 Å². The number of hydrogen-bond donors (Lipinski definition) is 0. The molecule has 0 amide bonds. The van der Waals surface area contributed by atoms with E-state index in [0.29, 0.717) is 10.5 Å². The molecule has 0 fully saturated rings. The van der Waals surface area contributed by atoms with Crippen LogP contribution in [-0.4, -0.2) is 33.5 Å². The molecule has 0 saturated carbocycles. The van der Waals surface area contributed by atoms with Crippen molar-refractivity contribution < 1.29 is 0 Å². The normalized spacial score (nSPS) is 14.0. The van der Waals surface area contributed by atoms with Gasteiger partial charge in [-0.25, -0.2) is 0 Å². The van der Waals surface area contributed by atoms with Gasteiger partial charge in [0.05, 0.1) is 0 Å². The third-order valence-corrected chi connectivity index (χ3v) is 10.1. The minimum Gasteiger partial charge on any atom is -0.158 e. The highest BCUT2D eigenvalue weighted by molar-refractivity contribution is 8.03. The lowest BCUT2D eigenvalue weighted by Gasteiger charge is -2.26. The van der Waals surface area contributed by atoms with Crippen molar-refractivity contribution in [3.8, 4) is 0 Å². The zero-order chi connectivity index (χ0) is 21.3. The third-order valence-electron chi connectivity index (χ3n) is 5.02. The van der Waals surface area contributed by atoms with Gasteiger partial charge in [-0.2, -0.15) is 23.5 Å². The van der Waals surface area contributed by atoms with Crippen LogP contribution in [-0.2, 0) is 5.41 Å². The standard InChI is InChI=1S/C25H36S4/c1-7-26-19(3)17-28-23-13-9-21(10-14-23)25(5,6)22-11-15-24(16-12-22)29-18-20(4)27-8-2/h9-16,19-20H,7-8,17-18H2,1-6H3. The minimum absolute atomic E-state index is 0.0170. The van der Waals surface area contributed by atoms with Gasteiger partial charge in [0.2, 0.25) is 0 Å². The van der Waals surface area contributed by atoms with Gasteiger partial charge in [0.1, 0.15) is 0 Å². The van der Waals surface area contributed by atoms with Crippen LogP contribution in [0.15, 0.2) is 58.3 Å². The van der Waals surface area contributed by atoms with Crippen molar-refractivity contribution in [2.24, 2.45) is 0 Å². The Hall–Kier alpha value is -0.160. The Labute approximate surface area is 196 Å². The smallest absolute Gasteiger partial charge is 0.0146 e. The van der Waals surface area contributed by atoms with Crippen LogP contribution in [0, 0.1) is 0 Å². The first-order valence-electron chi connectivity index (χ1n) is 10.6. The molecule has 0 nitrogen and oxygen atoms in total. The predicted molar refractivity (Wildman–Crippen MR) is 142 cm³/mol. The van der Waals surface area contributed by atoms with Crippen LogP contribution in [0.25, 0.3) is 0 Å². The van der Waals surface area contributed by atoms with E-state index in [0.717, 1.165) is 0 Å². The second-order valence-corrected chi connectivity index (χ2v) is 13.4. The molecular weight excluding hydrogens is 429 g/mol. The molecule has 0 bridgehead atoms. The van der Waals surface area contributed by atoms with E-state index >= 15 is 0 Å². The molecule has 160 valence electrons. The maximum Gasteiger partial charge on any atom is 0.0146 e. The molecule has 0 aliphatic rings. The summed E-state index contributed by atoms with van der Waals surface area (Å²) >= 11 is 8.02. The Morgan fingerprint density at radius 2 is 1.00 bits per heavy atom. The molecule has 2 rings (SSSR count). The molecule has 0 spiro atoms. The van der Waals surface area contributed by atoms with E-state index in [1.165, 1.54) is 43.9 Å². The number of benzene rings is 2. The summed E-state index contributed by atoms with van der Waals surface area (Å²) < 4.78 is 0. The van der Waals surface area contributed by atoms with Gasteiger partial charge in [0, 0.05) is 37.2 Å². The molecule has 0 aliphatic heterocycles. The maximum atomic E-state index is 2.33. The van der Waals surface area contributed by atoms with Gasteiger partial charge in [-0.1, -0.05) is 65.8 Å². The molecule has 0 aromatic heterocycles. The summed E-state index contributed by atoms with van der Waals surface area (Å²) in [7, 11) is 0. The Balaban J connectivity index is 1.98. The largest absolute Gasteiger partial charge is 0.158 e. The lowest BCUT2D eigenvalue weighted by Crippen LogP contribution is -2.18. The van der Waals surface area contributed by atoms with Gasteiger partial charge < -0.3 is 0 Å². The molecule has 0 heterocycles. The maximum absolute atomic E-state index is 2.33. The van der Waals surface area contributed by atoms with E-state index in [4.69, 9.17) is 0 Å². The van der Waals surface area contributed by atoms with E-state index in [-0.39, 0.29) is 5.41 Å². The number of hydrogen-bond acceptors (Lipinski definition) is 4. The van der Waals surface area contributed by atoms with Crippen molar-refractivity contribution in [1.29, 1.82) is 0 Å². The topological polar surface area (TPSA) is 0 Å². The second-order valence-electron chi connectivity index (χ2n) is 7.83. The quantitative estimate of drug-likeness (QED) is 0.289. The first kappa shape index (κ1) is 25.1. The van der Waals surface area contributed by atoms with E-state index in [9.17, 15) is 0 Å². The Bertz CT molecular complexity index is 645. The van der Waals surface area contributed by atoms with Crippen LogP contribution >= 0.6 is 47.0 Å². The fourth-order valence-electron chi connectivity index (χ4n) is 3.19. The van der Waals surface area contributed by atoms with Gasteiger partial charge >= 0.3 is 0 Å². The highest BCUT2D eigenvalue weighted by atomic mass is 32.2. The monoisotopic (exact) mass is 464 g/mol. The zero-order valence-electron chi connectivity index (χ0n) is 18.7. The van der Waals surface area contributed by atoms with Gasteiger partial charge in [-0.3, -0.25) is 0 Å². The summed E-state index contributed by atoms with van der Waals surface area (Å²) in [5.74, 6) is 4.75. The Morgan fingerprint density at radius 3 is 1.31 bits per heavy atom. The molecule has 0 radical (unpaired) electrons. The predicted octanol–water partition coefficient (Wildman–Crippen LogP) is 8.48. The lowest BCUT2D eigenvalue weighted by molar-refractivity contribution is 0.639. The summed E-state index contributed by atoms with van der Waals surface area (Å²) in [6.45, 7) is 13.8. The zero-order valence-corrected chi connectivity index (χ0v) is 22.0. The summed E-state index contributed by atoms with van der Waals surface area (Å²) in [5.41, 5.74) is 2.78. The van der Waals surface area contributed by atoms with Crippen LogP contribution in [0.2, 0.25) is 0 Å². The van der Waals surface area contributed by atoms with Gasteiger partial charge in [-0.15, -0.1) is 23.5 Å². The molecule has 0 saturated heterocycles. The molecule has 2 aromatic carbocycles. The van der Waals surface area contributed by atoms with Crippen LogP contribution in [0.4, 0.5) is 0 Å². The van der Waals surface area contributed by atoms with Crippen molar-refractivity contribution >= 4 is 47.0 Å². The van der Waals surface area contributed by atoms with E-state index in [1.807, 2.05) is 47.0 Å². The average Bonchev–Trinajstić information content (AvgIpc) is 2.72. The van der Waals surface area contributed by atoms with E-state index < -0.39 is 0 Å². The highest BCUT2D eigenvalue weighted by Crippen LogP contribution is 2.34. The van der Waals surface area contributed by atoms with Crippen LogP contribution in [0.1, 0.15) is 52.7 Å². The molecule has 29 heavy (non-hydrogen) atoms. The molecule has 2 unspecified atom stereocenters. The lowest BCUT2D eigenvalue weighted by atomic mass is 9.78. The molecule has 0 aliphatic carbocycles. The van der Waals surface area contributed by atoms with Crippen molar-refractivity contribution in [1.82, 2.24) is 0 Å². The summed E-state index contributed by atoms with van der Waals surface area (Å²) in [6, 6.07) is 18.4. The molecule has 2 atom stereocenters. The third kappa shape index (κ3) is 8.12. The summed E-state index contributed by atoms with van der Waals surface area (Å²) in [5, 5.41) is 1.42. The molecule has 4 heteroatoms. The first-order chi connectivity index (χ1) is 13.9. The van der Waals surface area contributed by atoms with Crippen LogP contribution in [0.5, 0.6) is 0 Å². The average molecular weight is 465 g/mol. The summed E-state index contributed by atoms with van der Waals surface area (Å²) in [4.78, 5) is 2.75. The van der Waals surface area contributed by atoms with Crippen molar-refractivity contribution in [2.45, 2.75) is 67.2 Å². The highest BCUT2D eigenvalue weighted by Gasteiger charge is 2.23. The molecule has 2 aromatic rings. The fraction of sp³-hybridized carbons (Fsp3) is 0.520. The van der Waals surface area contributed by atoms with Gasteiger partial charge in [-0.05, 0) is 46.9 Å². The number of thioether (sulfide) groups is 4. The van der Waals surface area contributed by atoms with Gasteiger partial charge in [0.25, 0.3) is 0 Å². The van der Waals surface area contributed by atoms with Gasteiger partial charge in [0.15, 0.2) is 0 Å².